The lowest BCUT2D eigenvalue weighted by molar-refractivity contribution is -0.133. The second kappa shape index (κ2) is 10.6. The molecule has 1 N–H and O–H groups in total. The molecule has 10 heteroatoms. The molecule has 0 aliphatic carbocycles. The first-order chi connectivity index (χ1) is 16.4. The highest BCUT2D eigenvalue weighted by Crippen LogP contribution is 2.24. The molecule has 4 rings (SSSR count). The van der Waals surface area contributed by atoms with Crippen molar-refractivity contribution in [2.24, 2.45) is 5.92 Å². The maximum Gasteiger partial charge on any atom is 0.270 e. The van der Waals surface area contributed by atoms with Crippen molar-refractivity contribution in [3.63, 3.8) is 0 Å². The number of aromatic nitrogens is 4. The molecule has 0 spiro atoms. The van der Waals surface area contributed by atoms with Crippen molar-refractivity contribution in [1.29, 1.82) is 0 Å². The summed E-state index contributed by atoms with van der Waals surface area (Å²) in [5, 5.41) is 12.3. The smallest absolute Gasteiger partial charge is 0.270 e. The Morgan fingerprint density at radius 2 is 1.88 bits per heavy atom. The number of pyridine rings is 1. The fourth-order valence-corrected chi connectivity index (χ4v) is 4.05. The highest BCUT2D eigenvalue weighted by atomic mass is 35.5. The second-order valence-electron chi connectivity index (χ2n) is 8.39. The van der Waals surface area contributed by atoms with E-state index in [1.54, 1.807) is 41.4 Å². The number of hydrogen-bond donors (Lipinski definition) is 1. The number of benzene rings is 1. The van der Waals surface area contributed by atoms with Crippen LogP contribution in [0.4, 0.5) is 0 Å². The van der Waals surface area contributed by atoms with E-state index >= 15 is 0 Å². The fourth-order valence-electron chi connectivity index (χ4n) is 3.86. The fraction of sp³-hybridized carbons (Fsp3) is 0.375. The topological polar surface area (TPSA) is 102 Å². The van der Waals surface area contributed by atoms with Crippen LogP contribution in [0.25, 0.3) is 0 Å². The number of ether oxygens (including phenoxy) is 1. The van der Waals surface area contributed by atoms with Crippen LogP contribution >= 0.6 is 11.6 Å². The Balaban J connectivity index is 1.43. The molecule has 3 heterocycles. The molecule has 34 heavy (non-hydrogen) atoms. The van der Waals surface area contributed by atoms with Crippen LogP contribution in [0.5, 0.6) is 5.75 Å². The quantitative estimate of drug-likeness (QED) is 0.555. The van der Waals surface area contributed by atoms with Gasteiger partial charge in [-0.25, -0.2) is 0 Å². The molecule has 0 saturated carbocycles. The van der Waals surface area contributed by atoms with Gasteiger partial charge in [0.1, 0.15) is 17.3 Å². The number of nitrogens with one attached hydrogen (secondary N) is 1. The van der Waals surface area contributed by atoms with Gasteiger partial charge in [0.25, 0.3) is 11.8 Å². The summed E-state index contributed by atoms with van der Waals surface area (Å²) in [7, 11) is 0. The van der Waals surface area contributed by atoms with Crippen LogP contribution in [0.3, 0.4) is 0 Å². The van der Waals surface area contributed by atoms with Crippen molar-refractivity contribution in [2.75, 3.05) is 19.7 Å². The molecular weight excluding hydrogens is 456 g/mol. The van der Waals surface area contributed by atoms with Crippen LogP contribution < -0.4 is 10.1 Å². The molecule has 2 aromatic heterocycles. The number of carbonyl (C=O) groups is 2. The number of fused-ring (bicyclic) bond motifs is 1. The molecule has 0 bridgehead atoms. The number of carbonyl (C=O) groups excluding carboxylic acids is 2. The molecule has 3 aromatic rings. The van der Waals surface area contributed by atoms with E-state index in [-0.39, 0.29) is 30.4 Å². The molecule has 0 unspecified atom stereocenters. The Labute approximate surface area is 203 Å². The standard InChI is InChI=1S/C24H27ClN6O3/c1-16(2)22(27-24(33)18-8-5-6-11-26-18)23-29-28-20-10-12-30(13-14-31(20)23)21(32)15-34-19-9-4-3-7-17(19)25/h3-9,11,16,22H,10,12-15H2,1-2H3,(H,27,33)/t22-/m0/s1. The Morgan fingerprint density at radius 3 is 2.62 bits per heavy atom. The molecule has 9 nitrogen and oxygen atoms in total. The van der Waals surface area contributed by atoms with Gasteiger partial charge in [0.15, 0.2) is 12.4 Å². The van der Waals surface area contributed by atoms with E-state index in [1.165, 1.54) is 0 Å². The number of hydrogen-bond acceptors (Lipinski definition) is 6. The summed E-state index contributed by atoms with van der Waals surface area (Å²) in [6.07, 6.45) is 2.15. The predicted octanol–water partition coefficient (Wildman–Crippen LogP) is 2.92. The lowest BCUT2D eigenvalue weighted by Crippen LogP contribution is -2.37. The molecule has 0 radical (unpaired) electrons. The minimum Gasteiger partial charge on any atom is -0.482 e. The van der Waals surface area contributed by atoms with Crippen LogP contribution in [0, 0.1) is 5.92 Å². The number of para-hydroxylation sites is 1. The van der Waals surface area contributed by atoms with Gasteiger partial charge in [0.05, 0.1) is 11.1 Å². The number of rotatable bonds is 7. The summed E-state index contributed by atoms with van der Waals surface area (Å²) < 4.78 is 7.62. The van der Waals surface area contributed by atoms with E-state index in [2.05, 4.69) is 20.5 Å². The average molecular weight is 483 g/mol. The maximum absolute atomic E-state index is 12.8. The molecule has 1 aliphatic heterocycles. The molecule has 1 atom stereocenters. The van der Waals surface area contributed by atoms with Gasteiger partial charge >= 0.3 is 0 Å². The van der Waals surface area contributed by atoms with Gasteiger partial charge in [-0.2, -0.15) is 0 Å². The third-order valence-corrected chi connectivity index (χ3v) is 6.04. The van der Waals surface area contributed by atoms with Gasteiger partial charge < -0.3 is 19.5 Å². The third-order valence-electron chi connectivity index (χ3n) is 5.72. The molecular formula is C24H27ClN6O3. The average Bonchev–Trinajstić information content (AvgIpc) is 3.11. The zero-order chi connectivity index (χ0) is 24.1. The van der Waals surface area contributed by atoms with Gasteiger partial charge in [-0.1, -0.05) is 43.6 Å². The third kappa shape index (κ3) is 5.36. The first-order valence-corrected chi connectivity index (χ1v) is 11.6. The maximum atomic E-state index is 12.8. The normalized spacial score (nSPS) is 14.3. The van der Waals surface area contributed by atoms with Gasteiger partial charge in [0, 0.05) is 32.3 Å². The van der Waals surface area contributed by atoms with Gasteiger partial charge in [-0.05, 0) is 30.2 Å². The van der Waals surface area contributed by atoms with E-state index < -0.39 is 0 Å². The summed E-state index contributed by atoms with van der Waals surface area (Å²) >= 11 is 6.11. The van der Waals surface area contributed by atoms with E-state index in [4.69, 9.17) is 16.3 Å². The van der Waals surface area contributed by atoms with Crippen molar-refractivity contribution in [3.05, 3.63) is 71.0 Å². The highest BCUT2D eigenvalue weighted by molar-refractivity contribution is 6.32. The van der Waals surface area contributed by atoms with E-state index in [9.17, 15) is 9.59 Å². The molecule has 1 aromatic carbocycles. The zero-order valence-corrected chi connectivity index (χ0v) is 19.9. The van der Waals surface area contributed by atoms with E-state index in [0.717, 1.165) is 5.82 Å². The van der Waals surface area contributed by atoms with Crippen molar-refractivity contribution in [2.45, 2.75) is 32.9 Å². The predicted molar refractivity (Wildman–Crippen MR) is 127 cm³/mol. The van der Waals surface area contributed by atoms with E-state index in [1.807, 2.05) is 30.5 Å². The summed E-state index contributed by atoms with van der Waals surface area (Å²) in [5.74, 6) is 1.63. The second-order valence-corrected chi connectivity index (χ2v) is 8.79. The Morgan fingerprint density at radius 1 is 1.09 bits per heavy atom. The van der Waals surface area contributed by atoms with Crippen LogP contribution in [0.1, 0.15) is 42.0 Å². The van der Waals surface area contributed by atoms with Crippen molar-refractivity contribution < 1.29 is 14.3 Å². The van der Waals surface area contributed by atoms with Crippen molar-refractivity contribution in [1.82, 2.24) is 30.0 Å². The van der Waals surface area contributed by atoms with Crippen molar-refractivity contribution >= 4 is 23.4 Å². The van der Waals surface area contributed by atoms with Crippen LogP contribution in [-0.2, 0) is 17.8 Å². The van der Waals surface area contributed by atoms with E-state index in [0.29, 0.717) is 48.3 Å². The largest absolute Gasteiger partial charge is 0.482 e. The summed E-state index contributed by atoms with van der Waals surface area (Å²) in [6, 6.07) is 11.9. The minimum atomic E-state index is -0.346. The first-order valence-electron chi connectivity index (χ1n) is 11.2. The minimum absolute atomic E-state index is 0.0750. The van der Waals surface area contributed by atoms with Crippen LogP contribution in [0.2, 0.25) is 5.02 Å². The number of amides is 2. The molecule has 0 saturated heterocycles. The lowest BCUT2D eigenvalue weighted by atomic mass is 10.0. The molecule has 1 aliphatic rings. The van der Waals surface area contributed by atoms with Crippen molar-refractivity contribution in [3.8, 4) is 5.75 Å². The van der Waals surface area contributed by atoms with Crippen LogP contribution in [-0.4, -0.2) is 56.2 Å². The molecule has 0 fully saturated rings. The lowest BCUT2D eigenvalue weighted by Gasteiger charge is -2.23. The Hall–Kier alpha value is -3.46. The SMILES string of the molecule is CC(C)[C@H](NC(=O)c1ccccn1)c1nnc2n1CCN(C(=O)COc1ccccc1Cl)CC2. The highest BCUT2D eigenvalue weighted by Gasteiger charge is 2.29. The monoisotopic (exact) mass is 482 g/mol. The Bertz CT molecular complexity index is 1150. The van der Waals surface area contributed by atoms with Gasteiger partial charge in [-0.3, -0.25) is 14.6 Å². The summed E-state index contributed by atoms with van der Waals surface area (Å²) in [5.41, 5.74) is 0.346. The molecule has 178 valence electrons. The zero-order valence-electron chi connectivity index (χ0n) is 19.1. The van der Waals surface area contributed by atoms with Gasteiger partial charge in [-0.15, -0.1) is 10.2 Å². The summed E-state index contributed by atoms with van der Waals surface area (Å²) in [6.45, 7) is 5.47. The molecule has 2 amide bonds. The Kier molecular flexibility index (Phi) is 7.42. The number of nitrogens with zero attached hydrogens (tertiary/aromatic N) is 5. The summed E-state index contributed by atoms with van der Waals surface area (Å²) in [4.78, 5) is 31.4. The first kappa shape index (κ1) is 23.7. The van der Waals surface area contributed by atoms with Crippen LogP contribution in [0.15, 0.2) is 48.7 Å². The van der Waals surface area contributed by atoms with Gasteiger partial charge in [0.2, 0.25) is 0 Å². The number of halogens is 1.